The number of nitrogens with one attached hydrogen (secondary N) is 4. The largest absolute Gasteiger partial charge is 0.444 e. The molecule has 4 rings (SSSR count). The Balaban J connectivity index is 1.35. The van der Waals surface area contributed by atoms with Crippen molar-refractivity contribution in [3.63, 3.8) is 0 Å². The van der Waals surface area contributed by atoms with Gasteiger partial charge in [-0.25, -0.2) is 4.79 Å². The molecular weight excluding hydrogens is 490 g/mol. The highest BCUT2D eigenvalue weighted by Gasteiger charge is 2.25. The van der Waals surface area contributed by atoms with Crippen LogP contribution in [0.25, 0.3) is 21.8 Å². The maximum absolute atomic E-state index is 13.1. The number of ether oxygens (including phenoxy) is 1. The van der Waals surface area contributed by atoms with Crippen LogP contribution in [0.15, 0.2) is 60.9 Å². The van der Waals surface area contributed by atoms with Crippen LogP contribution in [0.1, 0.15) is 32.8 Å². The van der Waals surface area contributed by atoms with Gasteiger partial charge in [-0.05, 0) is 63.1 Å². The minimum absolute atomic E-state index is 0.264. The number of anilines is 1. The van der Waals surface area contributed by atoms with Crippen molar-refractivity contribution in [2.24, 2.45) is 0 Å². The van der Waals surface area contributed by atoms with E-state index in [2.05, 4.69) is 25.9 Å². The SMILES string of the molecule is CC(C)(C)OC(=O)N[C@@H](Cc1c[nH]c2ccccc12)C(=O)NCCCNc1ccnc2cc(Cl)ccc12. The molecule has 4 aromatic rings. The van der Waals surface area contributed by atoms with Gasteiger partial charge in [0.1, 0.15) is 11.6 Å². The van der Waals surface area contributed by atoms with Gasteiger partial charge in [-0.15, -0.1) is 0 Å². The molecule has 0 saturated carbocycles. The van der Waals surface area contributed by atoms with Crippen molar-refractivity contribution in [3.05, 3.63) is 71.5 Å². The van der Waals surface area contributed by atoms with Gasteiger partial charge in [0, 0.05) is 58.9 Å². The zero-order valence-corrected chi connectivity index (χ0v) is 22.0. The number of carbonyl (C=O) groups is 2. The second-order valence-corrected chi connectivity index (χ2v) is 10.3. The minimum Gasteiger partial charge on any atom is -0.444 e. The molecule has 37 heavy (non-hydrogen) atoms. The molecule has 0 aliphatic rings. The summed E-state index contributed by atoms with van der Waals surface area (Å²) in [6.07, 6.45) is 4.01. The van der Waals surface area contributed by atoms with Crippen molar-refractivity contribution in [1.29, 1.82) is 0 Å². The van der Waals surface area contributed by atoms with Gasteiger partial charge in [0.15, 0.2) is 0 Å². The number of aromatic nitrogens is 2. The van der Waals surface area contributed by atoms with Gasteiger partial charge in [-0.1, -0.05) is 29.8 Å². The second kappa shape index (κ2) is 11.5. The van der Waals surface area contributed by atoms with Crippen molar-refractivity contribution in [2.45, 2.75) is 45.3 Å². The van der Waals surface area contributed by atoms with E-state index < -0.39 is 17.7 Å². The Kier molecular flexibility index (Phi) is 8.18. The number of pyridine rings is 1. The van der Waals surface area contributed by atoms with Crippen LogP contribution in [0.5, 0.6) is 0 Å². The molecule has 194 valence electrons. The number of fused-ring (bicyclic) bond motifs is 2. The van der Waals surface area contributed by atoms with Crippen LogP contribution in [-0.2, 0) is 16.0 Å². The maximum Gasteiger partial charge on any atom is 0.408 e. The Morgan fingerprint density at radius 2 is 1.89 bits per heavy atom. The molecule has 1 atom stereocenters. The third-order valence-electron chi connectivity index (χ3n) is 5.78. The number of benzene rings is 2. The van der Waals surface area contributed by atoms with Crippen LogP contribution in [0.4, 0.5) is 10.5 Å². The number of alkyl carbamates (subject to hydrolysis) is 1. The number of aromatic amines is 1. The molecule has 2 aromatic carbocycles. The summed E-state index contributed by atoms with van der Waals surface area (Å²) in [6.45, 7) is 6.45. The van der Waals surface area contributed by atoms with Gasteiger partial charge < -0.3 is 25.7 Å². The highest BCUT2D eigenvalue weighted by molar-refractivity contribution is 6.31. The van der Waals surface area contributed by atoms with E-state index in [1.54, 1.807) is 27.0 Å². The van der Waals surface area contributed by atoms with E-state index >= 15 is 0 Å². The van der Waals surface area contributed by atoms with Gasteiger partial charge in [0.05, 0.1) is 5.52 Å². The number of carbonyl (C=O) groups excluding carboxylic acids is 2. The smallest absolute Gasteiger partial charge is 0.408 e. The lowest BCUT2D eigenvalue weighted by atomic mass is 10.0. The predicted octanol–water partition coefficient (Wildman–Crippen LogP) is 5.42. The fourth-order valence-electron chi connectivity index (χ4n) is 4.10. The number of rotatable bonds is 9. The first-order chi connectivity index (χ1) is 17.7. The van der Waals surface area contributed by atoms with Gasteiger partial charge in [0.25, 0.3) is 0 Å². The molecule has 0 radical (unpaired) electrons. The number of para-hydroxylation sites is 1. The molecule has 4 N–H and O–H groups in total. The molecule has 0 spiro atoms. The van der Waals surface area contributed by atoms with E-state index in [0.717, 1.165) is 33.1 Å². The van der Waals surface area contributed by atoms with Crippen molar-refractivity contribution < 1.29 is 14.3 Å². The molecule has 8 nitrogen and oxygen atoms in total. The minimum atomic E-state index is -0.782. The molecule has 0 unspecified atom stereocenters. The van der Waals surface area contributed by atoms with Crippen LogP contribution in [0, 0.1) is 0 Å². The van der Waals surface area contributed by atoms with Crippen LogP contribution in [0.3, 0.4) is 0 Å². The van der Waals surface area contributed by atoms with Crippen LogP contribution in [0.2, 0.25) is 5.02 Å². The summed E-state index contributed by atoms with van der Waals surface area (Å²) in [4.78, 5) is 33.2. The van der Waals surface area contributed by atoms with E-state index in [0.29, 0.717) is 31.0 Å². The molecule has 0 bridgehead atoms. The fourth-order valence-corrected chi connectivity index (χ4v) is 4.27. The zero-order chi connectivity index (χ0) is 26.4. The molecule has 0 aliphatic heterocycles. The molecule has 2 aromatic heterocycles. The Bertz CT molecular complexity index is 1400. The summed E-state index contributed by atoms with van der Waals surface area (Å²) >= 11 is 6.07. The summed E-state index contributed by atoms with van der Waals surface area (Å²) < 4.78 is 5.40. The van der Waals surface area contributed by atoms with E-state index in [4.69, 9.17) is 16.3 Å². The first kappa shape index (κ1) is 26.3. The standard InChI is InChI=1S/C28H32ClN5O3/c1-28(2,3)37-27(36)34-25(15-18-17-33-22-8-5-4-7-20(18)22)26(35)32-13-6-12-30-23-11-14-31-24-16-19(29)9-10-21(23)24/h4-5,7-11,14,16-17,25,33H,6,12-13,15H2,1-3H3,(H,30,31)(H,32,35)(H,34,36)/t25-/m0/s1. The number of amides is 2. The van der Waals surface area contributed by atoms with Crippen molar-refractivity contribution in [2.75, 3.05) is 18.4 Å². The lowest BCUT2D eigenvalue weighted by Crippen LogP contribution is -2.49. The molecule has 0 fully saturated rings. The monoisotopic (exact) mass is 521 g/mol. The molecule has 2 amide bonds. The molecule has 0 aliphatic carbocycles. The lowest BCUT2D eigenvalue weighted by molar-refractivity contribution is -0.123. The van der Waals surface area contributed by atoms with Crippen LogP contribution in [-0.4, -0.2) is 46.7 Å². The van der Waals surface area contributed by atoms with Crippen LogP contribution < -0.4 is 16.0 Å². The molecule has 0 saturated heterocycles. The van der Waals surface area contributed by atoms with Crippen molar-refractivity contribution >= 4 is 51.1 Å². The fraction of sp³-hybridized carbons (Fsp3) is 0.321. The number of hydrogen-bond acceptors (Lipinski definition) is 5. The highest BCUT2D eigenvalue weighted by Crippen LogP contribution is 2.24. The van der Waals surface area contributed by atoms with Gasteiger partial charge in [0.2, 0.25) is 5.91 Å². The summed E-state index contributed by atoms with van der Waals surface area (Å²) in [6, 6.07) is 14.6. The normalized spacial score (nSPS) is 12.3. The quantitative estimate of drug-likeness (QED) is 0.220. The number of halogens is 1. The Morgan fingerprint density at radius 3 is 2.70 bits per heavy atom. The van der Waals surface area contributed by atoms with Crippen molar-refractivity contribution in [1.82, 2.24) is 20.6 Å². The number of H-pyrrole nitrogens is 1. The highest BCUT2D eigenvalue weighted by atomic mass is 35.5. The maximum atomic E-state index is 13.1. The van der Waals surface area contributed by atoms with Gasteiger partial charge >= 0.3 is 6.09 Å². The Morgan fingerprint density at radius 1 is 1.08 bits per heavy atom. The first-order valence-electron chi connectivity index (χ1n) is 12.3. The first-order valence-corrected chi connectivity index (χ1v) is 12.7. The van der Waals surface area contributed by atoms with E-state index in [1.807, 2.05) is 54.7 Å². The lowest BCUT2D eigenvalue weighted by Gasteiger charge is -2.23. The molecule has 2 heterocycles. The second-order valence-electron chi connectivity index (χ2n) is 9.85. The Labute approximate surface area is 221 Å². The third-order valence-corrected chi connectivity index (χ3v) is 6.01. The summed E-state index contributed by atoms with van der Waals surface area (Å²) in [5.41, 5.74) is 3.03. The average Bonchev–Trinajstić information content (AvgIpc) is 3.25. The van der Waals surface area contributed by atoms with E-state index in [9.17, 15) is 9.59 Å². The van der Waals surface area contributed by atoms with Gasteiger partial charge in [-0.3, -0.25) is 9.78 Å². The van der Waals surface area contributed by atoms with E-state index in [1.165, 1.54) is 0 Å². The molecule has 9 heteroatoms. The van der Waals surface area contributed by atoms with Gasteiger partial charge in [-0.2, -0.15) is 0 Å². The Hall–Kier alpha value is -3.78. The third kappa shape index (κ3) is 7.13. The van der Waals surface area contributed by atoms with E-state index in [-0.39, 0.29) is 5.91 Å². The number of hydrogen-bond donors (Lipinski definition) is 4. The summed E-state index contributed by atoms with van der Waals surface area (Å²) in [5, 5.41) is 11.7. The number of nitrogens with zero attached hydrogens (tertiary/aromatic N) is 1. The predicted molar refractivity (Wildman–Crippen MR) is 148 cm³/mol. The summed E-state index contributed by atoms with van der Waals surface area (Å²) in [5.74, 6) is -0.264. The molecular formula is C28H32ClN5O3. The van der Waals surface area contributed by atoms with Crippen molar-refractivity contribution in [3.8, 4) is 0 Å². The summed E-state index contributed by atoms with van der Waals surface area (Å²) in [7, 11) is 0. The average molecular weight is 522 g/mol. The van der Waals surface area contributed by atoms with Crippen LogP contribution >= 0.6 is 11.6 Å². The zero-order valence-electron chi connectivity index (χ0n) is 21.2. The topological polar surface area (TPSA) is 108 Å².